The Morgan fingerprint density at radius 3 is 2.78 bits per heavy atom. The second-order valence-corrected chi connectivity index (χ2v) is 9.43. The molecule has 1 aliphatic heterocycles. The van der Waals surface area contributed by atoms with Crippen LogP contribution >= 0.6 is 0 Å². The zero-order valence-electron chi connectivity index (χ0n) is 17.1. The Balaban J connectivity index is 1.60. The lowest BCUT2D eigenvalue weighted by atomic mass is 9.63. The van der Waals surface area contributed by atoms with Gasteiger partial charge >= 0.3 is 0 Å². The first-order valence-electron chi connectivity index (χ1n) is 10.7. The first kappa shape index (κ1) is 18.8. The molecule has 3 atom stereocenters. The molecule has 1 amide bonds. The summed E-state index contributed by atoms with van der Waals surface area (Å²) in [5.74, 6) is 2.04. The van der Waals surface area contributed by atoms with E-state index in [0.717, 1.165) is 31.7 Å². The number of likely N-dealkylation sites (tertiary alicyclic amines) is 1. The molecule has 1 saturated carbocycles. The van der Waals surface area contributed by atoms with Gasteiger partial charge in [-0.3, -0.25) is 9.69 Å². The van der Waals surface area contributed by atoms with E-state index in [1.165, 1.54) is 36.9 Å². The van der Waals surface area contributed by atoms with Crippen LogP contribution in [0.15, 0.2) is 18.2 Å². The van der Waals surface area contributed by atoms with Crippen molar-refractivity contribution in [2.24, 2.45) is 11.8 Å². The maximum absolute atomic E-state index is 12.1. The minimum Gasteiger partial charge on any atom is -0.508 e. The fourth-order valence-corrected chi connectivity index (χ4v) is 5.80. The van der Waals surface area contributed by atoms with Gasteiger partial charge in [-0.15, -0.1) is 0 Å². The van der Waals surface area contributed by atoms with Gasteiger partial charge in [0.05, 0.1) is 0 Å². The normalized spacial score (nSPS) is 30.0. The van der Waals surface area contributed by atoms with Crippen LogP contribution in [0.5, 0.6) is 5.75 Å². The van der Waals surface area contributed by atoms with Gasteiger partial charge in [-0.05, 0) is 67.2 Å². The van der Waals surface area contributed by atoms with Gasteiger partial charge in [0.25, 0.3) is 0 Å². The zero-order chi connectivity index (χ0) is 19.2. The summed E-state index contributed by atoms with van der Waals surface area (Å²) in [5.41, 5.74) is 2.83. The molecule has 1 saturated heterocycles. The average molecular weight is 371 g/mol. The Bertz CT molecular complexity index is 712. The van der Waals surface area contributed by atoms with Crippen LogP contribution in [0.1, 0.15) is 56.6 Å². The molecule has 0 unspecified atom stereocenters. The molecule has 4 heteroatoms. The van der Waals surface area contributed by atoms with E-state index in [4.69, 9.17) is 0 Å². The van der Waals surface area contributed by atoms with E-state index in [1.54, 1.807) is 4.90 Å². The van der Waals surface area contributed by atoms with Gasteiger partial charge in [0.15, 0.2) is 0 Å². The molecule has 2 aliphatic carbocycles. The van der Waals surface area contributed by atoms with Crippen molar-refractivity contribution < 1.29 is 9.90 Å². The van der Waals surface area contributed by atoms with Crippen LogP contribution in [0.4, 0.5) is 0 Å². The summed E-state index contributed by atoms with van der Waals surface area (Å²) in [7, 11) is 3.67. The second kappa shape index (κ2) is 7.12. The van der Waals surface area contributed by atoms with Crippen LogP contribution in [0.2, 0.25) is 0 Å². The zero-order valence-corrected chi connectivity index (χ0v) is 17.1. The predicted molar refractivity (Wildman–Crippen MR) is 108 cm³/mol. The summed E-state index contributed by atoms with van der Waals surface area (Å²) in [4.78, 5) is 16.5. The van der Waals surface area contributed by atoms with E-state index in [1.807, 2.05) is 26.2 Å². The van der Waals surface area contributed by atoms with Crippen LogP contribution in [0.3, 0.4) is 0 Å². The summed E-state index contributed by atoms with van der Waals surface area (Å²) in [6.45, 7) is 4.72. The number of fused-ring (bicyclic) bond motifs is 4. The summed E-state index contributed by atoms with van der Waals surface area (Å²) in [5, 5.41) is 10.2. The fourth-order valence-electron chi connectivity index (χ4n) is 5.80. The number of nitrogens with zero attached hydrogens (tertiary/aromatic N) is 2. The van der Waals surface area contributed by atoms with Crippen LogP contribution in [-0.4, -0.2) is 54.0 Å². The molecule has 148 valence electrons. The third kappa shape index (κ3) is 3.26. The summed E-state index contributed by atoms with van der Waals surface area (Å²) in [6.07, 6.45) is 7.82. The number of amides is 1. The fraction of sp³-hybridized carbons (Fsp3) is 0.696. The molecular formula is C23H34N2O2. The largest absolute Gasteiger partial charge is 0.508 e. The molecule has 4 nitrogen and oxygen atoms in total. The lowest BCUT2D eigenvalue weighted by Gasteiger charge is -2.40. The number of carbonyl (C=O) groups is 1. The molecule has 1 aromatic carbocycles. The van der Waals surface area contributed by atoms with E-state index < -0.39 is 0 Å². The molecule has 1 N–H and O–H groups in total. The van der Waals surface area contributed by atoms with Gasteiger partial charge in [-0.1, -0.05) is 19.4 Å². The number of hydrogen-bond acceptors (Lipinski definition) is 3. The van der Waals surface area contributed by atoms with Crippen LogP contribution in [-0.2, 0) is 16.6 Å². The SMILES string of the molecule is C[C@H]1[C@H]2Cc3ccc(O)cc3[C@@]1(CCCC(=O)N(C)C)CN2CC1CCC1. The number of carbonyl (C=O) groups excluding carboxylic acids is 1. The minimum atomic E-state index is 0.0767. The smallest absolute Gasteiger partial charge is 0.222 e. The Morgan fingerprint density at radius 2 is 2.11 bits per heavy atom. The maximum Gasteiger partial charge on any atom is 0.222 e. The highest BCUT2D eigenvalue weighted by Gasteiger charge is 2.54. The second-order valence-electron chi connectivity index (χ2n) is 9.43. The third-order valence-electron chi connectivity index (χ3n) is 7.69. The molecule has 0 aromatic heterocycles. The first-order chi connectivity index (χ1) is 12.9. The molecule has 1 heterocycles. The number of benzene rings is 1. The topological polar surface area (TPSA) is 43.8 Å². The lowest BCUT2D eigenvalue weighted by Crippen LogP contribution is -2.41. The van der Waals surface area contributed by atoms with Gasteiger partial charge in [-0.2, -0.15) is 0 Å². The number of phenolic OH excluding ortho intramolecular Hbond substituents is 1. The van der Waals surface area contributed by atoms with Crippen molar-refractivity contribution in [1.29, 1.82) is 0 Å². The molecule has 0 spiro atoms. The van der Waals surface area contributed by atoms with Crippen molar-refractivity contribution in [1.82, 2.24) is 9.80 Å². The number of hydrogen-bond donors (Lipinski definition) is 1. The number of rotatable bonds is 6. The number of aromatic hydroxyl groups is 1. The van der Waals surface area contributed by atoms with E-state index in [2.05, 4.69) is 17.9 Å². The van der Waals surface area contributed by atoms with Gasteiger partial charge in [-0.25, -0.2) is 0 Å². The summed E-state index contributed by atoms with van der Waals surface area (Å²) < 4.78 is 0. The van der Waals surface area contributed by atoms with Crippen molar-refractivity contribution in [3.8, 4) is 5.75 Å². The monoisotopic (exact) mass is 370 g/mol. The van der Waals surface area contributed by atoms with Crippen molar-refractivity contribution in [3.63, 3.8) is 0 Å². The Morgan fingerprint density at radius 1 is 1.33 bits per heavy atom. The molecule has 4 rings (SSSR count). The summed E-state index contributed by atoms with van der Waals surface area (Å²) in [6, 6.07) is 6.60. The Kier molecular flexibility index (Phi) is 4.96. The quantitative estimate of drug-likeness (QED) is 0.833. The number of phenols is 1. The molecular weight excluding hydrogens is 336 g/mol. The highest BCUT2D eigenvalue weighted by Crippen LogP contribution is 2.53. The Labute approximate surface area is 163 Å². The van der Waals surface area contributed by atoms with E-state index in [9.17, 15) is 9.90 Å². The van der Waals surface area contributed by atoms with Gasteiger partial charge in [0.2, 0.25) is 5.91 Å². The van der Waals surface area contributed by atoms with Crippen molar-refractivity contribution >= 4 is 5.91 Å². The molecule has 27 heavy (non-hydrogen) atoms. The van der Waals surface area contributed by atoms with Crippen molar-refractivity contribution in [3.05, 3.63) is 29.3 Å². The van der Waals surface area contributed by atoms with Crippen LogP contribution < -0.4 is 0 Å². The van der Waals surface area contributed by atoms with Crippen LogP contribution in [0, 0.1) is 11.8 Å². The maximum atomic E-state index is 12.1. The van der Waals surface area contributed by atoms with Crippen molar-refractivity contribution in [2.45, 2.75) is 63.3 Å². The highest BCUT2D eigenvalue weighted by molar-refractivity contribution is 5.75. The van der Waals surface area contributed by atoms with Crippen LogP contribution in [0.25, 0.3) is 0 Å². The highest BCUT2D eigenvalue weighted by atomic mass is 16.3. The molecule has 2 bridgehead atoms. The molecule has 0 radical (unpaired) electrons. The first-order valence-corrected chi connectivity index (χ1v) is 10.7. The molecule has 3 aliphatic rings. The summed E-state index contributed by atoms with van der Waals surface area (Å²) >= 11 is 0. The average Bonchev–Trinajstić information content (AvgIpc) is 2.76. The minimum absolute atomic E-state index is 0.0767. The molecule has 1 aromatic rings. The van der Waals surface area contributed by atoms with E-state index >= 15 is 0 Å². The van der Waals surface area contributed by atoms with Gasteiger partial charge in [0.1, 0.15) is 5.75 Å². The van der Waals surface area contributed by atoms with Gasteiger partial charge in [0, 0.05) is 45.1 Å². The molecule has 2 fully saturated rings. The van der Waals surface area contributed by atoms with E-state index in [0.29, 0.717) is 24.1 Å². The lowest BCUT2D eigenvalue weighted by molar-refractivity contribution is -0.128. The van der Waals surface area contributed by atoms with E-state index in [-0.39, 0.29) is 11.3 Å². The Hall–Kier alpha value is -1.55. The predicted octanol–water partition coefficient (Wildman–Crippen LogP) is 3.57. The van der Waals surface area contributed by atoms with Gasteiger partial charge < -0.3 is 10.0 Å². The standard InChI is InChI=1S/C23H34N2O2/c1-16-21-12-18-9-10-19(26)13-20(18)23(16,11-5-8-22(27)24(2)3)15-25(21)14-17-6-4-7-17/h9-10,13,16-17,21,26H,4-8,11-12,14-15H2,1-3H3/t16-,21+,23-/m0/s1. The third-order valence-corrected chi connectivity index (χ3v) is 7.69. The van der Waals surface area contributed by atoms with Crippen molar-refractivity contribution in [2.75, 3.05) is 27.2 Å².